The summed E-state index contributed by atoms with van der Waals surface area (Å²) in [6, 6.07) is 3.19. The molecule has 0 amide bonds. The molecule has 1 atom stereocenters. The van der Waals surface area contributed by atoms with E-state index in [0.717, 1.165) is 0 Å². The molecule has 0 aliphatic heterocycles. The molecule has 0 fully saturated rings. The van der Waals surface area contributed by atoms with Crippen LogP contribution < -0.4 is 0 Å². The second-order valence-corrected chi connectivity index (χ2v) is 1.83. The zero-order valence-corrected chi connectivity index (χ0v) is 5.13. The highest BCUT2D eigenvalue weighted by Gasteiger charge is 1.98. The maximum absolute atomic E-state index is 12.4. The Bertz CT molecular complexity index is 172. The average Bonchev–Trinajstić information content (AvgIpc) is 1.90. The van der Waals surface area contributed by atoms with Gasteiger partial charge in [-0.15, -0.1) is 0 Å². The van der Waals surface area contributed by atoms with Crippen LogP contribution in [-0.4, -0.2) is 4.98 Å². The molecule has 47 valence electrons. The molecular weight excluding hydrogens is 117 g/mol. The van der Waals surface area contributed by atoms with Crippen LogP contribution in [0.4, 0.5) is 4.39 Å². The Hall–Kier alpha value is -0.920. The van der Waals surface area contributed by atoms with Crippen molar-refractivity contribution >= 4 is 0 Å². The predicted molar refractivity (Wildman–Crippen MR) is 32.6 cm³/mol. The molecule has 1 aromatic rings. The molecule has 0 bridgehead atoms. The van der Waals surface area contributed by atoms with Crippen LogP contribution in [0.5, 0.6) is 0 Å². The maximum atomic E-state index is 12.4. The number of hydrogen-bond donors (Lipinski definition) is 0. The Balaban J connectivity index is 2.85. The van der Waals surface area contributed by atoms with Gasteiger partial charge in [-0.25, -0.2) is 4.39 Å². The third-order valence-corrected chi connectivity index (χ3v) is 1.11. The molecule has 1 nitrogen and oxygen atoms in total. The second-order valence-electron chi connectivity index (χ2n) is 1.83. The van der Waals surface area contributed by atoms with Gasteiger partial charge in [-0.3, -0.25) is 4.98 Å². The molecule has 1 rings (SSSR count). The van der Waals surface area contributed by atoms with Crippen molar-refractivity contribution in [3.8, 4) is 0 Å². The third-order valence-electron chi connectivity index (χ3n) is 1.11. The van der Waals surface area contributed by atoms with Crippen LogP contribution in [0.1, 0.15) is 18.7 Å². The fourth-order valence-electron chi connectivity index (χ4n) is 0.574. The third kappa shape index (κ3) is 1.49. The van der Waals surface area contributed by atoms with Crippen molar-refractivity contribution < 1.29 is 4.39 Å². The zero-order chi connectivity index (χ0) is 6.69. The van der Waals surface area contributed by atoms with Crippen molar-refractivity contribution in [1.29, 1.82) is 0 Å². The fourth-order valence-corrected chi connectivity index (χ4v) is 0.574. The van der Waals surface area contributed by atoms with E-state index >= 15 is 0 Å². The summed E-state index contributed by atoms with van der Waals surface area (Å²) in [5, 5.41) is 0. The molecule has 0 spiro atoms. The lowest BCUT2D eigenvalue weighted by molar-refractivity contribution is 0.374. The van der Waals surface area contributed by atoms with E-state index in [-0.39, 0.29) is 0 Å². The monoisotopic (exact) mass is 124 g/mol. The van der Waals surface area contributed by atoms with Crippen LogP contribution in [0, 0.1) is 6.20 Å². The number of nitrogens with zero attached hydrogens (tertiary/aromatic N) is 1. The molecular formula is C7H7FN. The van der Waals surface area contributed by atoms with Crippen molar-refractivity contribution in [3.05, 3.63) is 30.1 Å². The van der Waals surface area contributed by atoms with Crippen molar-refractivity contribution in [2.75, 3.05) is 0 Å². The van der Waals surface area contributed by atoms with E-state index in [9.17, 15) is 4.39 Å². The molecule has 0 aromatic carbocycles. The number of alkyl halides is 1. The quantitative estimate of drug-likeness (QED) is 0.557. The van der Waals surface area contributed by atoms with E-state index in [1.165, 1.54) is 13.1 Å². The highest BCUT2D eigenvalue weighted by Crippen LogP contribution is 2.13. The largest absolute Gasteiger partial charge is 0.255 e. The fraction of sp³-hybridized carbons (Fsp3) is 0.286. The summed E-state index contributed by atoms with van der Waals surface area (Å²) in [7, 11) is 0. The van der Waals surface area contributed by atoms with Gasteiger partial charge in [0, 0.05) is 6.20 Å². The highest BCUT2D eigenvalue weighted by molar-refractivity contribution is 5.11. The zero-order valence-electron chi connectivity index (χ0n) is 5.13. The van der Waals surface area contributed by atoms with E-state index in [4.69, 9.17) is 0 Å². The molecule has 0 N–H and O–H groups in total. The Labute approximate surface area is 53.5 Å². The van der Waals surface area contributed by atoms with E-state index in [0.29, 0.717) is 5.56 Å². The van der Waals surface area contributed by atoms with Crippen LogP contribution >= 0.6 is 0 Å². The van der Waals surface area contributed by atoms with Crippen LogP contribution in [0.2, 0.25) is 0 Å². The Morgan fingerprint density at radius 2 is 2.56 bits per heavy atom. The molecule has 0 saturated heterocycles. The molecule has 1 unspecified atom stereocenters. The predicted octanol–water partition coefficient (Wildman–Crippen LogP) is 1.91. The lowest BCUT2D eigenvalue weighted by Gasteiger charge is -1.97. The molecule has 0 aliphatic rings. The van der Waals surface area contributed by atoms with E-state index in [1.807, 2.05) is 0 Å². The second kappa shape index (κ2) is 2.58. The van der Waals surface area contributed by atoms with E-state index < -0.39 is 6.17 Å². The Morgan fingerprint density at radius 3 is 2.89 bits per heavy atom. The number of hydrogen-bond acceptors (Lipinski definition) is 1. The van der Waals surface area contributed by atoms with Gasteiger partial charge in [0.1, 0.15) is 6.17 Å². The van der Waals surface area contributed by atoms with Gasteiger partial charge >= 0.3 is 0 Å². The summed E-state index contributed by atoms with van der Waals surface area (Å²) in [6.07, 6.45) is 3.17. The number of halogens is 1. The molecule has 1 radical (unpaired) electrons. The molecule has 9 heavy (non-hydrogen) atoms. The Morgan fingerprint density at radius 1 is 1.78 bits per heavy atom. The molecule has 0 aliphatic carbocycles. The van der Waals surface area contributed by atoms with Crippen molar-refractivity contribution in [2.24, 2.45) is 0 Å². The normalized spacial score (nSPS) is 13.1. The van der Waals surface area contributed by atoms with Gasteiger partial charge in [0.05, 0.1) is 6.20 Å². The van der Waals surface area contributed by atoms with Crippen LogP contribution in [0.3, 0.4) is 0 Å². The molecule has 1 heterocycles. The molecule has 0 saturated carbocycles. The Kier molecular flexibility index (Phi) is 1.78. The number of aromatic nitrogens is 1. The first kappa shape index (κ1) is 6.20. The van der Waals surface area contributed by atoms with Gasteiger partial charge in [-0.1, -0.05) is 0 Å². The SMILES string of the molecule is CC(F)c1c[c]ncc1. The maximum Gasteiger partial charge on any atom is 0.122 e. The number of pyridine rings is 1. The van der Waals surface area contributed by atoms with Crippen LogP contribution in [0.15, 0.2) is 18.3 Å². The first-order valence-electron chi connectivity index (χ1n) is 2.77. The molecule has 1 aromatic heterocycles. The lowest BCUT2D eigenvalue weighted by atomic mass is 10.2. The van der Waals surface area contributed by atoms with Gasteiger partial charge in [0.25, 0.3) is 0 Å². The lowest BCUT2D eigenvalue weighted by Crippen LogP contribution is -1.83. The summed E-state index contributed by atoms with van der Waals surface area (Å²) < 4.78 is 12.4. The molecule has 2 heteroatoms. The minimum absolute atomic E-state index is 0.630. The standard InChI is InChI=1S/C7H7FN/c1-6(8)7-2-4-9-5-3-7/h2-4,6H,1H3. The first-order valence-corrected chi connectivity index (χ1v) is 2.77. The van der Waals surface area contributed by atoms with Gasteiger partial charge in [0.2, 0.25) is 0 Å². The van der Waals surface area contributed by atoms with Crippen molar-refractivity contribution in [2.45, 2.75) is 13.1 Å². The summed E-state index contributed by atoms with van der Waals surface area (Å²) in [5.41, 5.74) is 0.630. The smallest absolute Gasteiger partial charge is 0.122 e. The van der Waals surface area contributed by atoms with Gasteiger partial charge in [0.15, 0.2) is 0 Å². The minimum atomic E-state index is -0.913. The van der Waals surface area contributed by atoms with Crippen LogP contribution in [-0.2, 0) is 0 Å². The minimum Gasteiger partial charge on any atom is -0.255 e. The van der Waals surface area contributed by atoms with E-state index in [2.05, 4.69) is 11.2 Å². The summed E-state index contributed by atoms with van der Waals surface area (Å²) in [6.45, 7) is 1.49. The topological polar surface area (TPSA) is 12.9 Å². The summed E-state index contributed by atoms with van der Waals surface area (Å²) in [4.78, 5) is 3.64. The van der Waals surface area contributed by atoms with Crippen molar-refractivity contribution in [3.63, 3.8) is 0 Å². The van der Waals surface area contributed by atoms with Crippen LogP contribution in [0.25, 0.3) is 0 Å². The number of rotatable bonds is 1. The summed E-state index contributed by atoms with van der Waals surface area (Å²) >= 11 is 0. The average molecular weight is 124 g/mol. The highest BCUT2D eigenvalue weighted by atomic mass is 19.1. The van der Waals surface area contributed by atoms with Crippen molar-refractivity contribution in [1.82, 2.24) is 4.98 Å². The van der Waals surface area contributed by atoms with Gasteiger partial charge in [-0.2, -0.15) is 0 Å². The van der Waals surface area contributed by atoms with E-state index in [1.54, 1.807) is 12.1 Å². The van der Waals surface area contributed by atoms with Gasteiger partial charge < -0.3 is 0 Å². The van der Waals surface area contributed by atoms with Gasteiger partial charge in [-0.05, 0) is 24.6 Å². The summed E-state index contributed by atoms with van der Waals surface area (Å²) in [5.74, 6) is 0. The first-order chi connectivity index (χ1) is 4.30.